The van der Waals surface area contributed by atoms with Crippen LogP contribution in [0.25, 0.3) is 0 Å². The van der Waals surface area contributed by atoms with E-state index in [1.165, 1.54) is 0 Å². The molecule has 1 aromatic heterocycles. The second-order valence-electron chi connectivity index (χ2n) is 4.81. The molecule has 2 rings (SSSR count). The first-order valence-electron chi connectivity index (χ1n) is 6.67. The third-order valence-electron chi connectivity index (χ3n) is 3.39. The van der Waals surface area contributed by atoms with Gasteiger partial charge in [-0.15, -0.1) is 0 Å². The van der Waals surface area contributed by atoms with E-state index in [4.69, 9.17) is 0 Å². The molecule has 0 aliphatic heterocycles. The summed E-state index contributed by atoms with van der Waals surface area (Å²) in [5.74, 6) is 0. The molecular formula is C16H19BrN2O. The van der Waals surface area contributed by atoms with Crippen molar-refractivity contribution in [1.82, 2.24) is 9.88 Å². The third-order valence-corrected chi connectivity index (χ3v) is 3.88. The Hall–Kier alpha value is -1.23. The molecule has 1 atom stereocenters. The number of likely N-dealkylation sites (N-methyl/N-ethyl adjacent to an activating group) is 1. The van der Waals surface area contributed by atoms with Crippen molar-refractivity contribution in [3.8, 4) is 0 Å². The van der Waals surface area contributed by atoms with Crippen LogP contribution in [-0.4, -0.2) is 35.2 Å². The Kier molecular flexibility index (Phi) is 5.71. The van der Waals surface area contributed by atoms with Crippen molar-refractivity contribution in [2.45, 2.75) is 12.5 Å². The summed E-state index contributed by atoms with van der Waals surface area (Å²) < 4.78 is 1.03. The average molecular weight is 335 g/mol. The summed E-state index contributed by atoms with van der Waals surface area (Å²) in [6, 6.07) is 14.0. The molecule has 0 spiro atoms. The normalized spacial score (nSPS) is 12.6. The van der Waals surface area contributed by atoms with Crippen molar-refractivity contribution >= 4 is 15.9 Å². The molecule has 0 saturated carbocycles. The number of aliphatic hydroxyl groups is 1. The lowest BCUT2D eigenvalue weighted by atomic mass is 10.1. The minimum atomic E-state index is 0.0104. The summed E-state index contributed by atoms with van der Waals surface area (Å²) in [4.78, 5) is 6.49. The SMILES string of the molecule is CN(CCc1ccccn1)C(CO)c1cccc(Br)c1. The maximum Gasteiger partial charge on any atom is 0.0628 e. The molecule has 2 aromatic rings. The van der Waals surface area contributed by atoms with Crippen LogP contribution in [0.5, 0.6) is 0 Å². The zero-order chi connectivity index (χ0) is 14.4. The Bertz CT molecular complexity index is 533. The highest BCUT2D eigenvalue weighted by molar-refractivity contribution is 9.10. The minimum Gasteiger partial charge on any atom is -0.394 e. The molecule has 0 aliphatic rings. The smallest absolute Gasteiger partial charge is 0.0628 e. The number of aromatic nitrogens is 1. The number of aliphatic hydroxyl groups excluding tert-OH is 1. The summed E-state index contributed by atoms with van der Waals surface area (Å²) in [7, 11) is 2.03. The average Bonchev–Trinajstić information content (AvgIpc) is 2.47. The number of nitrogens with zero attached hydrogens (tertiary/aromatic N) is 2. The van der Waals surface area contributed by atoms with Crippen LogP contribution in [0.3, 0.4) is 0 Å². The molecule has 4 heteroatoms. The molecule has 1 heterocycles. The van der Waals surface area contributed by atoms with E-state index in [1.807, 2.05) is 49.6 Å². The first kappa shape index (κ1) is 15.2. The van der Waals surface area contributed by atoms with Crippen molar-refractivity contribution in [3.05, 3.63) is 64.4 Å². The molecule has 3 nitrogen and oxygen atoms in total. The van der Waals surface area contributed by atoms with Gasteiger partial charge >= 0.3 is 0 Å². The van der Waals surface area contributed by atoms with Crippen molar-refractivity contribution in [1.29, 1.82) is 0 Å². The molecule has 106 valence electrons. The molecule has 0 bridgehead atoms. The zero-order valence-corrected chi connectivity index (χ0v) is 13.1. The largest absolute Gasteiger partial charge is 0.394 e. The first-order valence-corrected chi connectivity index (χ1v) is 7.46. The van der Waals surface area contributed by atoms with Gasteiger partial charge in [-0.2, -0.15) is 0 Å². The van der Waals surface area contributed by atoms with Crippen LogP contribution >= 0.6 is 15.9 Å². The predicted octanol–water partition coefficient (Wildman–Crippen LogP) is 3.05. The van der Waals surface area contributed by atoms with Gasteiger partial charge in [0.15, 0.2) is 0 Å². The van der Waals surface area contributed by atoms with Crippen LogP contribution < -0.4 is 0 Å². The van der Waals surface area contributed by atoms with Gasteiger partial charge in [-0.05, 0) is 36.9 Å². The van der Waals surface area contributed by atoms with Gasteiger partial charge in [-0.3, -0.25) is 9.88 Å². The number of benzene rings is 1. The Morgan fingerprint density at radius 2 is 2.10 bits per heavy atom. The minimum absolute atomic E-state index is 0.0104. The van der Waals surface area contributed by atoms with E-state index in [9.17, 15) is 5.11 Å². The predicted molar refractivity (Wildman–Crippen MR) is 84.5 cm³/mol. The highest BCUT2D eigenvalue weighted by Crippen LogP contribution is 2.22. The van der Waals surface area contributed by atoms with Gasteiger partial charge in [0, 0.05) is 29.3 Å². The molecule has 0 amide bonds. The van der Waals surface area contributed by atoms with Crippen LogP contribution in [-0.2, 0) is 6.42 Å². The Labute approximate surface area is 128 Å². The summed E-state index contributed by atoms with van der Waals surface area (Å²) in [5.41, 5.74) is 2.19. The van der Waals surface area contributed by atoms with E-state index in [1.54, 1.807) is 0 Å². The molecule has 1 unspecified atom stereocenters. The van der Waals surface area contributed by atoms with Crippen LogP contribution in [0, 0.1) is 0 Å². The van der Waals surface area contributed by atoms with Gasteiger partial charge in [0.25, 0.3) is 0 Å². The Balaban J connectivity index is 2.00. The van der Waals surface area contributed by atoms with Crippen LogP contribution in [0.15, 0.2) is 53.1 Å². The van der Waals surface area contributed by atoms with Gasteiger partial charge < -0.3 is 5.11 Å². The number of halogens is 1. The monoisotopic (exact) mass is 334 g/mol. The van der Waals surface area contributed by atoms with Crippen molar-refractivity contribution in [3.63, 3.8) is 0 Å². The molecule has 0 radical (unpaired) electrons. The molecule has 1 aromatic carbocycles. The summed E-state index contributed by atoms with van der Waals surface area (Å²) >= 11 is 3.47. The van der Waals surface area contributed by atoms with E-state index < -0.39 is 0 Å². The van der Waals surface area contributed by atoms with E-state index in [0.29, 0.717) is 0 Å². The molecular weight excluding hydrogens is 316 g/mol. The van der Waals surface area contributed by atoms with E-state index in [0.717, 1.165) is 28.7 Å². The highest BCUT2D eigenvalue weighted by Gasteiger charge is 2.16. The van der Waals surface area contributed by atoms with E-state index in [-0.39, 0.29) is 12.6 Å². The second-order valence-corrected chi connectivity index (χ2v) is 5.72. The summed E-state index contributed by atoms with van der Waals surface area (Å²) in [6.07, 6.45) is 2.69. The number of hydrogen-bond donors (Lipinski definition) is 1. The lowest BCUT2D eigenvalue weighted by molar-refractivity contribution is 0.149. The molecule has 1 N–H and O–H groups in total. The molecule has 0 saturated heterocycles. The molecule has 0 fully saturated rings. The molecule has 0 aliphatic carbocycles. The summed E-state index contributed by atoms with van der Waals surface area (Å²) in [5, 5.41) is 9.67. The highest BCUT2D eigenvalue weighted by atomic mass is 79.9. The first-order chi connectivity index (χ1) is 9.70. The van der Waals surface area contributed by atoms with Crippen LogP contribution in [0.4, 0.5) is 0 Å². The lowest BCUT2D eigenvalue weighted by Gasteiger charge is -2.26. The number of hydrogen-bond acceptors (Lipinski definition) is 3. The fourth-order valence-electron chi connectivity index (χ4n) is 2.21. The fourth-order valence-corrected chi connectivity index (χ4v) is 2.62. The van der Waals surface area contributed by atoms with Gasteiger partial charge in [-0.1, -0.05) is 34.1 Å². The van der Waals surface area contributed by atoms with E-state index >= 15 is 0 Å². The van der Waals surface area contributed by atoms with Crippen LogP contribution in [0.2, 0.25) is 0 Å². The van der Waals surface area contributed by atoms with E-state index in [2.05, 4.69) is 31.9 Å². The topological polar surface area (TPSA) is 36.4 Å². The number of pyridine rings is 1. The third kappa shape index (κ3) is 4.13. The summed E-state index contributed by atoms with van der Waals surface area (Å²) in [6.45, 7) is 0.962. The zero-order valence-electron chi connectivity index (χ0n) is 11.5. The maximum absolute atomic E-state index is 9.67. The fraction of sp³-hybridized carbons (Fsp3) is 0.312. The Morgan fingerprint density at radius 3 is 2.75 bits per heavy atom. The maximum atomic E-state index is 9.67. The Morgan fingerprint density at radius 1 is 1.25 bits per heavy atom. The van der Waals surface area contributed by atoms with Crippen LogP contribution in [0.1, 0.15) is 17.3 Å². The quantitative estimate of drug-likeness (QED) is 0.881. The number of rotatable bonds is 6. The van der Waals surface area contributed by atoms with Gasteiger partial charge in [0.05, 0.1) is 12.6 Å². The van der Waals surface area contributed by atoms with Gasteiger partial charge in [0.2, 0.25) is 0 Å². The van der Waals surface area contributed by atoms with Crippen molar-refractivity contribution in [2.75, 3.05) is 20.2 Å². The van der Waals surface area contributed by atoms with Crippen molar-refractivity contribution < 1.29 is 5.11 Å². The van der Waals surface area contributed by atoms with Gasteiger partial charge in [-0.25, -0.2) is 0 Å². The second kappa shape index (κ2) is 7.53. The van der Waals surface area contributed by atoms with Gasteiger partial charge in [0.1, 0.15) is 0 Å². The molecule has 20 heavy (non-hydrogen) atoms. The lowest BCUT2D eigenvalue weighted by Crippen LogP contribution is -2.29. The van der Waals surface area contributed by atoms with Crippen molar-refractivity contribution in [2.24, 2.45) is 0 Å². The standard InChI is InChI=1S/C16H19BrN2O/c1-19(10-8-15-7-2-3-9-18-15)16(12-20)13-5-4-6-14(17)11-13/h2-7,9,11,16,20H,8,10,12H2,1H3.